The standard InChI is InChI=1S/C13H18N4O2/c1-7(5-12(15)19)17-11-4-3-9(14)6-10(11)16-13(17)8(2)18/h3-4,6-8,18H,5,14H2,1-2H3,(H2,15,19). The average molecular weight is 262 g/mol. The maximum atomic E-state index is 11.1. The van der Waals surface area contributed by atoms with Crippen molar-refractivity contribution in [2.45, 2.75) is 32.4 Å². The van der Waals surface area contributed by atoms with Crippen molar-refractivity contribution >= 4 is 22.6 Å². The minimum absolute atomic E-state index is 0.171. The van der Waals surface area contributed by atoms with Crippen LogP contribution in [0.3, 0.4) is 0 Å². The van der Waals surface area contributed by atoms with Gasteiger partial charge in [0.05, 0.1) is 11.0 Å². The number of nitrogens with zero attached hydrogens (tertiary/aromatic N) is 2. The number of aliphatic hydroxyl groups excluding tert-OH is 1. The number of rotatable bonds is 4. The van der Waals surface area contributed by atoms with Crippen LogP contribution < -0.4 is 11.5 Å². The normalized spacial score (nSPS) is 14.5. The van der Waals surface area contributed by atoms with Gasteiger partial charge in [0, 0.05) is 18.2 Å². The van der Waals surface area contributed by atoms with Crippen molar-refractivity contribution in [3.8, 4) is 0 Å². The van der Waals surface area contributed by atoms with Gasteiger partial charge in [0.15, 0.2) is 0 Å². The highest BCUT2D eigenvalue weighted by atomic mass is 16.3. The van der Waals surface area contributed by atoms with E-state index in [2.05, 4.69) is 4.98 Å². The zero-order valence-electron chi connectivity index (χ0n) is 11.0. The molecule has 0 aliphatic heterocycles. The molecule has 1 amide bonds. The molecular weight excluding hydrogens is 244 g/mol. The first kappa shape index (κ1) is 13.4. The first-order chi connectivity index (χ1) is 8.90. The number of primary amides is 1. The number of nitrogens with two attached hydrogens (primary N) is 2. The fourth-order valence-corrected chi connectivity index (χ4v) is 2.27. The SMILES string of the molecule is CC(O)c1nc2cc(N)ccc2n1C(C)CC(N)=O. The van der Waals surface area contributed by atoms with E-state index >= 15 is 0 Å². The fraction of sp³-hybridized carbons (Fsp3) is 0.385. The molecule has 1 heterocycles. The van der Waals surface area contributed by atoms with E-state index in [1.54, 1.807) is 19.1 Å². The second-order valence-electron chi connectivity index (χ2n) is 4.78. The molecule has 19 heavy (non-hydrogen) atoms. The summed E-state index contributed by atoms with van der Waals surface area (Å²) in [6.45, 7) is 3.51. The lowest BCUT2D eigenvalue weighted by Crippen LogP contribution is -2.19. The average Bonchev–Trinajstić information content (AvgIpc) is 2.66. The largest absolute Gasteiger partial charge is 0.399 e. The molecule has 5 N–H and O–H groups in total. The number of nitrogen functional groups attached to an aromatic ring is 1. The number of amides is 1. The zero-order valence-corrected chi connectivity index (χ0v) is 11.0. The van der Waals surface area contributed by atoms with Crippen molar-refractivity contribution in [2.24, 2.45) is 5.73 Å². The number of carbonyl (C=O) groups is 1. The van der Waals surface area contributed by atoms with Crippen LogP contribution in [0.15, 0.2) is 18.2 Å². The van der Waals surface area contributed by atoms with E-state index < -0.39 is 6.10 Å². The summed E-state index contributed by atoms with van der Waals surface area (Å²) < 4.78 is 1.84. The molecule has 0 radical (unpaired) electrons. The number of aliphatic hydroxyl groups is 1. The van der Waals surface area contributed by atoms with Crippen LogP contribution in [-0.2, 0) is 4.79 Å². The second kappa shape index (κ2) is 4.89. The maximum Gasteiger partial charge on any atom is 0.219 e. The van der Waals surface area contributed by atoms with E-state index in [0.29, 0.717) is 17.0 Å². The minimum Gasteiger partial charge on any atom is -0.399 e. The van der Waals surface area contributed by atoms with Crippen LogP contribution >= 0.6 is 0 Å². The molecule has 0 spiro atoms. The van der Waals surface area contributed by atoms with Crippen molar-refractivity contribution in [2.75, 3.05) is 5.73 Å². The number of carbonyl (C=O) groups excluding carboxylic acids is 1. The van der Waals surface area contributed by atoms with Gasteiger partial charge in [-0.05, 0) is 32.0 Å². The summed E-state index contributed by atoms with van der Waals surface area (Å²) in [7, 11) is 0. The van der Waals surface area contributed by atoms with Crippen molar-refractivity contribution in [3.63, 3.8) is 0 Å². The van der Waals surface area contributed by atoms with E-state index in [4.69, 9.17) is 11.5 Å². The van der Waals surface area contributed by atoms with E-state index in [9.17, 15) is 9.90 Å². The molecule has 2 unspecified atom stereocenters. The van der Waals surface area contributed by atoms with Crippen LogP contribution in [0.2, 0.25) is 0 Å². The third-order valence-electron chi connectivity index (χ3n) is 3.05. The molecule has 0 bridgehead atoms. The molecule has 0 fully saturated rings. The Morgan fingerprint density at radius 2 is 2.16 bits per heavy atom. The predicted octanol–water partition coefficient (Wildman–Crippen LogP) is 1.11. The number of hydrogen-bond acceptors (Lipinski definition) is 4. The van der Waals surface area contributed by atoms with Crippen molar-refractivity contribution in [3.05, 3.63) is 24.0 Å². The Hall–Kier alpha value is -2.08. The van der Waals surface area contributed by atoms with Crippen molar-refractivity contribution in [1.29, 1.82) is 0 Å². The summed E-state index contributed by atoms with van der Waals surface area (Å²) in [5.74, 6) is 0.121. The number of imidazole rings is 1. The highest BCUT2D eigenvalue weighted by Gasteiger charge is 2.20. The Balaban J connectivity index is 2.61. The highest BCUT2D eigenvalue weighted by molar-refractivity contribution is 5.80. The van der Waals surface area contributed by atoms with Gasteiger partial charge in [-0.3, -0.25) is 4.79 Å². The molecule has 1 aromatic carbocycles. The number of benzene rings is 1. The van der Waals surface area contributed by atoms with Crippen LogP contribution in [0.1, 0.15) is 38.2 Å². The van der Waals surface area contributed by atoms with Crippen LogP contribution in [0, 0.1) is 0 Å². The molecule has 0 aliphatic rings. The van der Waals surface area contributed by atoms with Crippen LogP contribution in [0.5, 0.6) is 0 Å². The lowest BCUT2D eigenvalue weighted by atomic mass is 10.2. The lowest BCUT2D eigenvalue weighted by Gasteiger charge is -2.17. The molecule has 2 atom stereocenters. The number of hydrogen-bond donors (Lipinski definition) is 3. The monoisotopic (exact) mass is 262 g/mol. The van der Waals surface area contributed by atoms with Gasteiger partial charge in [0.25, 0.3) is 0 Å². The smallest absolute Gasteiger partial charge is 0.219 e. The Kier molecular flexibility index (Phi) is 3.44. The topological polar surface area (TPSA) is 107 Å². The third-order valence-corrected chi connectivity index (χ3v) is 3.05. The Labute approximate surface area is 111 Å². The molecule has 6 nitrogen and oxygen atoms in total. The number of anilines is 1. The van der Waals surface area contributed by atoms with E-state index in [-0.39, 0.29) is 18.4 Å². The van der Waals surface area contributed by atoms with Gasteiger partial charge in [0.1, 0.15) is 11.9 Å². The minimum atomic E-state index is -0.732. The van der Waals surface area contributed by atoms with Gasteiger partial charge in [-0.2, -0.15) is 0 Å². The summed E-state index contributed by atoms with van der Waals surface area (Å²) in [4.78, 5) is 15.5. The first-order valence-corrected chi connectivity index (χ1v) is 6.14. The number of aromatic nitrogens is 2. The van der Waals surface area contributed by atoms with Gasteiger partial charge in [-0.25, -0.2) is 4.98 Å². The Bertz CT molecular complexity index is 618. The maximum absolute atomic E-state index is 11.1. The predicted molar refractivity (Wildman–Crippen MR) is 73.3 cm³/mol. The lowest BCUT2D eigenvalue weighted by molar-refractivity contribution is -0.118. The summed E-state index contributed by atoms with van der Waals surface area (Å²) in [5, 5.41) is 9.83. The zero-order chi connectivity index (χ0) is 14.2. The molecule has 2 rings (SSSR count). The summed E-state index contributed by atoms with van der Waals surface area (Å²) >= 11 is 0. The van der Waals surface area contributed by atoms with E-state index in [0.717, 1.165) is 5.52 Å². The van der Waals surface area contributed by atoms with Crippen LogP contribution in [0.4, 0.5) is 5.69 Å². The molecule has 0 saturated heterocycles. The van der Waals surface area contributed by atoms with E-state index in [1.165, 1.54) is 0 Å². The van der Waals surface area contributed by atoms with Gasteiger partial charge < -0.3 is 21.1 Å². The quantitative estimate of drug-likeness (QED) is 0.717. The molecule has 6 heteroatoms. The van der Waals surface area contributed by atoms with Gasteiger partial charge >= 0.3 is 0 Å². The van der Waals surface area contributed by atoms with Crippen molar-refractivity contribution in [1.82, 2.24) is 9.55 Å². The van der Waals surface area contributed by atoms with Crippen molar-refractivity contribution < 1.29 is 9.90 Å². The first-order valence-electron chi connectivity index (χ1n) is 6.14. The second-order valence-corrected chi connectivity index (χ2v) is 4.78. The molecule has 102 valence electrons. The van der Waals surface area contributed by atoms with Gasteiger partial charge in [0.2, 0.25) is 5.91 Å². The highest BCUT2D eigenvalue weighted by Crippen LogP contribution is 2.27. The molecule has 0 aliphatic carbocycles. The molecular formula is C13H18N4O2. The number of fused-ring (bicyclic) bond motifs is 1. The fourth-order valence-electron chi connectivity index (χ4n) is 2.27. The summed E-state index contributed by atoms with van der Waals surface area (Å²) in [5.41, 5.74) is 13.1. The molecule has 2 aromatic rings. The van der Waals surface area contributed by atoms with E-state index in [1.807, 2.05) is 17.6 Å². The summed E-state index contributed by atoms with van der Waals surface area (Å²) in [6, 6.07) is 5.18. The summed E-state index contributed by atoms with van der Waals surface area (Å²) in [6.07, 6.45) is -0.542. The van der Waals surface area contributed by atoms with Crippen LogP contribution in [-0.4, -0.2) is 20.6 Å². The Morgan fingerprint density at radius 1 is 1.47 bits per heavy atom. The van der Waals surface area contributed by atoms with Gasteiger partial charge in [-0.15, -0.1) is 0 Å². The van der Waals surface area contributed by atoms with Gasteiger partial charge in [-0.1, -0.05) is 0 Å². The van der Waals surface area contributed by atoms with Crippen LogP contribution in [0.25, 0.3) is 11.0 Å². The molecule has 1 aromatic heterocycles. The molecule has 0 saturated carbocycles. The third kappa shape index (κ3) is 2.53. The Morgan fingerprint density at radius 3 is 2.74 bits per heavy atom.